The van der Waals surface area contributed by atoms with Crippen molar-refractivity contribution in [2.75, 3.05) is 39.8 Å². The Labute approximate surface area is 98.0 Å². The molecule has 0 aliphatic carbocycles. The molecule has 2 fully saturated rings. The average molecular weight is 225 g/mol. The van der Waals surface area contributed by atoms with Crippen molar-refractivity contribution in [2.24, 2.45) is 0 Å². The summed E-state index contributed by atoms with van der Waals surface area (Å²) >= 11 is 0. The highest BCUT2D eigenvalue weighted by Crippen LogP contribution is 2.09. The largest absolute Gasteiger partial charge is 0.341 e. The maximum absolute atomic E-state index is 11.7. The lowest BCUT2D eigenvalue weighted by Crippen LogP contribution is -2.49. The molecule has 2 saturated heterocycles. The van der Waals surface area contributed by atoms with Gasteiger partial charge in [0.15, 0.2) is 0 Å². The number of hydrogen-bond donors (Lipinski definition) is 1. The van der Waals surface area contributed by atoms with E-state index in [0.29, 0.717) is 18.5 Å². The lowest BCUT2D eigenvalue weighted by atomic mass is 10.0. The Hall–Kier alpha value is -0.610. The predicted molar refractivity (Wildman–Crippen MR) is 64.3 cm³/mol. The minimum atomic E-state index is 0.296. The summed E-state index contributed by atoms with van der Waals surface area (Å²) in [6.45, 7) is 4.65. The molecule has 0 saturated carbocycles. The molecular weight excluding hydrogens is 202 g/mol. The summed E-state index contributed by atoms with van der Waals surface area (Å²) in [5.74, 6) is 0.296. The molecule has 2 heterocycles. The number of carbonyl (C=O) groups excluding carboxylic acids is 1. The van der Waals surface area contributed by atoms with Crippen LogP contribution in [0.2, 0.25) is 0 Å². The van der Waals surface area contributed by atoms with Crippen LogP contribution in [0.5, 0.6) is 0 Å². The van der Waals surface area contributed by atoms with Gasteiger partial charge in [0.1, 0.15) is 0 Å². The summed E-state index contributed by atoms with van der Waals surface area (Å²) in [7, 11) is 2.05. The molecular formula is C12H23N3O. The number of amides is 1. The Kier molecular flexibility index (Phi) is 4.18. The van der Waals surface area contributed by atoms with Gasteiger partial charge in [-0.2, -0.15) is 0 Å². The second kappa shape index (κ2) is 5.64. The summed E-state index contributed by atoms with van der Waals surface area (Å²) in [6, 6.07) is 0.586. The molecule has 0 spiro atoms. The van der Waals surface area contributed by atoms with Gasteiger partial charge in [0.2, 0.25) is 5.91 Å². The number of hydrogen-bond acceptors (Lipinski definition) is 3. The van der Waals surface area contributed by atoms with Crippen LogP contribution in [0.25, 0.3) is 0 Å². The van der Waals surface area contributed by atoms with Crippen molar-refractivity contribution in [3.8, 4) is 0 Å². The number of rotatable bonds is 4. The molecule has 2 aliphatic heterocycles. The van der Waals surface area contributed by atoms with Gasteiger partial charge < -0.3 is 10.2 Å². The lowest BCUT2D eigenvalue weighted by Gasteiger charge is -2.33. The van der Waals surface area contributed by atoms with Crippen molar-refractivity contribution >= 4 is 5.91 Å². The third-order valence-electron chi connectivity index (χ3n) is 3.56. The third-order valence-corrected chi connectivity index (χ3v) is 3.56. The molecule has 1 unspecified atom stereocenters. The van der Waals surface area contributed by atoms with Crippen LogP contribution in [-0.2, 0) is 4.79 Å². The highest BCUT2D eigenvalue weighted by atomic mass is 16.2. The first-order valence-electron chi connectivity index (χ1n) is 6.45. The topological polar surface area (TPSA) is 35.6 Å². The van der Waals surface area contributed by atoms with E-state index in [1.165, 1.54) is 25.7 Å². The molecule has 0 aromatic carbocycles. The van der Waals surface area contributed by atoms with E-state index in [9.17, 15) is 4.79 Å². The molecule has 1 atom stereocenters. The van der Waals surface area contributed by atoms with Crippen molar-refractivity contribution in [3.05, 3.63) is 0 Å². The molecule has 2 rings (SSSR count). The molecule has 2 aliphatic rings. The van der Waals surface area contributed by atoms with Crippen LogP contribution in [0.15, 0.2) is 0 Å². The number of likely N-dealkylation sites (tertiary alicyclic amines) is 1. The van der Waals surface area contributed by atoms with Crippen LogP contribution in [-0.4, -0.2) is 61.5 Å². The first kappa shape index (κ1) is 11.9. The SMILES string of the molecule is CN(CC(=O)N1CCC1)CC1CCCCN1. The van der Waals surface area contributed by atoms with Crippen LogP contribution in [0, 0.1) is 0 Å². The standard InChI is InChI=1S/C12H23N3O/c1-14(9-11-5-2-3-6-13-11)10-12(16)15-7-4-8-15/h11,13H,2-10H2,1H3. The van der Waals surface area contributed by atoms with E-state index >= 15 is 0 Å². The summed E-state index contributed by atoms with van der Waals surface area (Å²) < 4.78 is 0. The van der Waals surface area contributed by atoms with Crippen LogP contribution < -0.4 is 5.32 Å². The Balaban J connectivity index is 1.66. The van der Waals surface area contributed by atoms with Gasteiger partial charge in [-0.1, -0.05) is 6.42 Å². The van der Waals surface area contributed by atoms with Gasteiger partial charge in [0.25, 0.3) is 0 Å². The summed E-state index contributed by atoms with van der Waals surface area (Å²) in [5, 5.41) is 3.51. The highest BCUT2D eigenvalue weighted by Gasteiger charge is 2.22. The van der Waals surface area contributed by atoms with Gasteiger partial charge in [-0.25, -0.2) is 0 Å². The average Bonchev–Trinajstić information content (AvgIpc) is 2.15. The molecule has 92 valence electrons. The third kappa shape index (κ3) is 3.19. The minimum Gasteiger partial charge on any atom is -0.341 e. The lowest BCUT2D eigenvalue weighted by molar-refractivity contribution is -0.135. The summed E-state index contributed by atoms with van der Waals surface area (Å²) in [5.41, 5.74) is 0. The van der Waals surface area contributed by atoms with E-state index in [-0.39, 0.29) is 0 Å². The van der Waals surface area contributed by atoms with E-state index < -0.39 is 0 Å². The van der Waals surface area contributed by atoms with Crippen molar-refractivity contribution < 1.29 is 4.79 Å². The highest BCUT2D eigenvalue weighted by molar-refractivity contribution is 5.78. The van der Waals surface area contributed by atoms with E-state index in [4.69, 9.17) is 0 Å². The van der Waals surface area contributed by atoms with Crippen molar-refractivity contribution in [1.82, 2.24) is 15.1 Å². The summed E-state index contributed by atoms with van der Waals surface area (Å²) in [4.78, 5) is 15.8. The number of piperidine rings is 1. The number of nitrogens with one attached hydrogen (secondary N) is 1. The Morgan fingerprint density at radius 3 is 2.75 bits per heavy atom. The smallest absolute Gasteiger partial charge is 0.236 e. The first-order chi connectivity index (χ1) is 7.75. The Morgan fingerprint density at radius 2 is 2.19 bits per heavy atom. The van der Waals surface area contributed by atoms with Crippen LogP contribution in [0.1, 0.15) is 25.7 Å². The molecule has 1 N–H and O–H groups in total. The van der Waals surface area contributed by atoms with E-state index in [2.05, 4.69) is 10.2 Å². The van der Waals surface area contributed by atoms with Crippen molar-refractivity contribution in [2.45, 2.75) is 31.7 Å². The fourth-order valence-corrected chi connectivity index (χ4v) is 2.42. The molecule has 0 aromatic rings. The zero-order valence-electron chi connectivity index (χ0n) is 10.2. The maximum Gasteiger partial charge on any atom is 0.236 e. The molecule has 4 nitrogen and oxygen atoms in total. The zero-order valence-corrected chi connectivity index (χ0v) is 10.2. The monoisotopic (exact) mass is 225 g/mol. The van der Waals surface area contributed by atoms with Crippen LogP contribution in [0.3, 0.4) is 0 Å². The van der Waals surface area contributed by atoms with Crippen LogP contribution in [0.4, 0.5) is 0 Å². The molecule has 0 aromatic heterocycles. The Morgan fingerprint density at radius 1 is 1.38 bits per heavy atom. The van der Waals surface area contributed by atoms with E-state index in [1.54, 1.807) is 0 Å². The van der Waals surface area contributed by atoms with Crippen LogP contribution >= 0.6 is 0 Å². The zero-order chi connectivity index (χ0) is 11.4. The maximum atomic E-state index is 11.7. The second-order valence-electron chi connectivity index (χ2n) is 5.08. The molecule has 0 bridgehead atoms. The predicted octanol–water partition coefficient (Wildman–Crippen LogP) is 0.293. The van der Waals surface area contributed by atoms with Gasteiger partial charge in [0, 0.05) is 25.7 Å². The fraction of sp³-hybridized carbons (Fsp3) is 0.917. The Bertz CT molecular complexity index is 234. The van der Waals surface area contributed by atoms with Crippen molar-refractivity contribution in [1.29, 1.82) is 0 Å². The second-order valence-corrected chi connectivity index (χ2v) is 5.08. The van der Waals surface area contributed by atoms with Gasteiger partial charge in [-0.15, -0.1) is 0 Å². The first-order valence-corrected chi connectivity index (χ1v) is 6.45. The fourth-order valence-electron chi connectivity index (χ4n) is 2.42. The molecule has 16 heavy (non-hydrogen) atoms. The number of likely N-dealkylation sites (N-methyl/N-ethyl adjacent to an activating group) is 1. The van der Waals surface area contributed by atoms with Gasteiger partial charge in [0.05, 0.1) is 6.54 Å². The normalized spacial score (nSPS) is 25.6. The summed E-state index contributed by atoms with van der Waals surface area (Å²) in [6.07, 6.45) is 5.06. The van der Waals surface area contributed by atoms with Gasteiger partial charge >= 0.3 is 0 Å². The molecule has 4 heteroatoms. The van der Waals surface area contributed by atoms with Crippen molar-refractivity contribution in [3.63, 3.8) is 0 Å². The number of nitrogens with zero attached hydrogens (tertiary/aromatic N) is 2. The quantitative estimate of drug-likeness (QED) is 0.747. The van der Waals surface area contributed by atoms with E-state index in [0.717, 1.165) is 26.2 Å². The molecule has 1 amide bonds. The minimum absolute atomic E-state index is 0.296. The van der Waals surface area contributed by atoms with Gasteiger partial charge in [-0.05, 0) is 32.9 Å². The van der Waals surface area contributed by atoms with Gasteiger partial charge in [-0.3, -0.25) is 9.69 Å². The van der Waals surface area contributed by atoms with E-state index in [1.807, 2.05) is 11.9 Å². The number of carbonyl (C=O) groups is 1. The molecule has 0 radical (unpaired) electrons.